The first kappa shape index (κ1) is 15.9. The molecule has 6 unspecified atom stereocenters. The van der Waals surface area contributed by atoms with Crippen LogP contribution >= 0.6 is 0 Å². The van der Waals surface area contributed by atoms with Crippen LogP contribution in [0.15, 0.2) is 0 Å². The van der Waals surface area contributed by atoms with Gasteiger partial charge in [-0.3, -0.25) is 10.2 Å². The van der Waals surface area contributed by atoms with Gasteiger partial charge in [-0.1, -0.05) is 26.7 Å². The summed E-state index contributed by atoms with van der Waals surface area (Å²) in [5.74, 6) is 9.22. The summed E-state index contributed by atoms with van der Waals surface area (Å²) in [7, 11) is 0. The van der Waals surface area contributed by atoms with E-state index in [1.165, 1.54) is 57.8 Å². The third-order valence-corrected chi connectivity index (χ3v) is 9.04. The average Bonchev–Trinajstić information content (AvgIpc) is 2.91. The molecule has 0 bridgehead atoms. The van der Waals surface area contributed by atoms with Crippen LogP contribution in [0.1, 0.15) is 78.1 Å². The van der Waals surface area contributed by atoms with Gasteiger partial charge in [0.1, 0.15) is 0 Å². The van der Waals surface area contributed by atoms with Crippen LogP contribution in [0.5, 0.6) is 0 Å². The lowest BCUT2D eigenvalue weighted by Gasteiger charge is -2.60. The molecule has 3 N–H and O–H groups in total. The van der Waals surface area contributed by atoms with E-state index in [-0.39, 0.29) is 17.2 Å². The molecule has 4 fully saturated rings. The minimum absolute atomic E-state index is 0.0889. The Kier molecular flexibility index (Phi) is 3.79. The van der Waals surface area contributed by atoms with Gasteiger partial charge in [0.25, 0.3) is 0 Å². The zero-order chi connectivity index (χ0) is 16.2. The Bertz CT molecular complexity index is 492. The van der Waals surface area contributed by atoms with Crippen molar-refractivity contribution in [1.82, 2.24) is 5.43 Å². The van der Waals surface area contributed by atoms with Gasteiger partial charge in [0.05, 0.1) is 0 Å². The molecule has 0 aromatic heterocycles. The van der Waals surface area contributed by atoms with E-state index in [2.05, 4.69) is 19.3 Å². The number of nitrogens with one attached hydrogen (secondary N) is 1. The van der Waals surface area contributed by atoms with Crippen LogP contribution in [0.3, 0.4) is 0 Å². The molecule has 0 spiro atoms. The third kappa shape index (κ3) is 2.14. The maximum Gasteiger partial charge on any atom is 0.237 e. The van der Waals surface area contributed by atoms with Crippen molar-refractivity contribution in [2.24, 2.45) is 46.3 Å². The Morgan fingerprint density at radius 2 is 1.70 bits per heavy atom. The molecule has 3 nitrogen and oxygen atoms in total. The van der Waals surface area contributed by atoms with E-state index in [0.29, 0.717) is 5.41 Å². The highest BCUT2D eigenvalue weighted by Gasteiger charge is 2.60. The lowest BCUT2D eigenvalue weighted by molar-refractivity contribution is -0.137. The molecule has 23 heavy (non-hydrogen) atoms. The fraction of sp³-hybridized carbons (Fsp3) is 0.950. The first-order valence-corrected chi connectivity index (χ1v) is 10.0. The molecule has 1 amide bonds. The molecule has 0 aliphatic heterocycles. The largest absolute Gasteiger partial charge is 0.294 e. The highest BCUT2D eigenvalue weighted by molar-refractivity contribution is 5.79. The number of carbonyl (C=O) groups excluding carboxylic acids is 1. The molecule has 4 saturated carbocycles. The average molecular weight is 319 g/mol. The summed E-state index contributed by atoms with van der Waals surface area (Å²) in [4.78, 5) is 12.3. The Labute approximate surface area is 141 Å². The third-order valence-electron chi connectivity index (χ3n) is 9.04. The molecular formula is C20H34N2O. The van der Waals surface area contributed by atoms with Crippen molar-refractivity contribution in [1.29, 1.82) is 0 Å². The summed E-state index contributed by atoms with van der Waals surface area (Å²) in [6.07, 6.45) is 13.6. The van der Waals surface area contributed by atoms with Crippen LogP contribution in [0.4, 0.5) is 0 Å². The second kappa shape index (κ2) is 5.47. The molecular weight excluding hydrogens is 284 g/mol. The summed E-state index contributed by atoms with van der Waals surface area (Å²) in [5, 5.41) is 0. The summed E-state index contributed by atoms with van der Waals surface area (Å²) in [6.45, 7) is 5.02. The summed E-state index contributed by atoms with van der Waals surface area (Å²) >= 11 is 0. The number of fused-ring (bicyclic) bond motifs is 5. The molecule has 0 aromatic rings. The molecule has 3 heteroatoms. The zero-order valence-corrected chi connectivity index (χ0v) is 14.9. The Morgan fingerprint density at radius 1 is 0.913 bits per heavy atom. The normalized spacial score (nSPS) is 52.2. The van der Waals surface area contributed by atoms with E-state index in [9.17, 15) is 4.79 Å². The molecule has 4 aliphatic carbocycles. The topological polar surface area (TPSA) is 55.1 Å². The molecule has 4 aliphatic rings. The predicted molar refractivity (Wildman–Crippen MR) is 92.2 cm³/mol. The number of rotatable bonds is 1. The SMILES string of the molecule is CC12CCC3C(CC[C@H]4CCCCC34C)C1CCC2C(=O)NN. The van der Waals surface area contributed by atoms with Gasteiger partial charge >= 0.3 is 0 Å². The Hall–Kier alpha value is -0.570. The van der Waals surface area contributed by atoms with Gasteiger partial charge in [-0.15, -0.1) is 0 Å². The van der Waals surface area contributed by atoms with Gasteiger partial charge in [-0.05, 0) is 85.9 Å². The van der Waals surface area contributed by atoms with Crippen LogP contribution < -0.4 is 11.3 Å². The summed E-state index contributed by atoms with van der Waals surface area (Å²) < 4.78 is 0. The summed E-state index contributed by atoms with van der Waals surface area (Å²) in [5.41, 5.74) is 3.24. The number of hydrogen-bond acceptors (Lipinski definition) is 2. The fourth-order valence-electron chi connectivity index (χ4n) is 7.83. The number of hydrogen-bond donors (Lipinski definition) is 2. The number of amides is 1. The van der Waals surface area contributed by atoms with Gasteiger partial charge in [0, 0.05) is 5.92 Å². The molecule has 0 aromatic carbocycles. The first-order chi connectivity index (χ1) is 11.0. The smallest absolute Gasteiger partial charge is 0.237 e. The van der Waals surface area contributed by atoms with Crippen LogP contribution in [0.2, 0.25) is 0 Å². The van der Waals surface area contributed by atoms with E-state index in [4.69, 9.17) is 5.84 Å². The second-order valence-electron chi connectivity index (χ2n) is 9.59. The second-order valence-corrected chi connectivity index (χ2v) is 9.59. The highest BCUT2D eigenvalue weighted by atomic mass is 16.2. The maximum atomic E-state index is 12.3. The molecule has 130 valence electrons. The highest BCUT2D eigenvalue weighted by Crippen LogP contribution is 2.67. The minimum atomic E-state index is 0.0889. The quantitative estimate of drug-likeness (QED) is 0.436. The summed E-state index contributed by atoms with van der Waals surface area (Å²) in [6, 6.07) is 0. The zero-order valence-electron chi connectivity index (χ0n) is 14.9. The number of hydrazine groups is 1. The van der Waals surface area contributed by atoms with Gasteiger partial charge in [-0.25, -0.2) is 5.84 Å². The lowest BCUT2D eigenvalue weighted by atomic mass is 9.45. The van der Waals surface area contributed by atoms with E-state index >= 15 is 0 Å². The standard InChI is InChI=1S/C20H34N2O/c1-19-11-4-3-5-13(19)6-7-14-15-8-9-17(18(23)22-21)20(15,2)12-10-16(14)19/h13-17H,3-12,21H2,1-2H3,(H,22,23)/t13-,14?,15?,16?,17?,19?,20?/m1/s1. The maximum absolute atomic E-state index is 12.3. The van der Waals surface area contributed by atoms with Crippen molar-refractivity contribution in [2.75, 3.05) is 0 Å². The van der Waals surface area contributed by atoms with Crippen LogP contribution in [-0.4, -0.2) is 5.91 Å². The number of nitrogens with two attached hydrogens (primary N) is 1. The van der Waals surface area contributed by atoms with Crippen molar-refractivity contribution in [3.8, 4) is 0 Å². The van der Waals surface area contributed by atoms with E-state index in [1.807, 2.05) is 0 Å². The van der Waals surface area contributed by atoms with Crippen molar-refractivity contribution in [3.63, 3.8) is 0 Å². The van der Waals surface area contributed by atoms with E-state index in [0.717, 1.165) is 30.1 Å². The van der Waals surface area contributed by atoms with Gasteiger partial charge in [-0.2, -0.15) is 0 Å². The molecule has 0 heterocycles. The molecule has 0 saturated heterocycles. The van der Waals surface area contributed by atoms with Crippen LogP contribution in [-0.2, 0) is 4.79 Å². The van der Waals surface area contributed by atoms with Crippen LogP contribution in [0.25, 0.3) is 0 Å². The first-order valence-electron chi connectivity index (χ1n) is 10.0. The lowest BCUT2D eigenvalue weighted by Crippen LogP contribution is -2.54. The van der Waals surface area contributed by atoms with E-state index < -0.39 is 0 Å². The molecule has 0 radical (unpaired) electrons. The van der Waals surface area contributed by atoms with Crippen molar-refractivity contribution in [3.05, 3.63) is 0 Å². The van der Waals surface area contributed by atoms with Crippen molar-refractivity contribution < 1.29 is 4.79 Å². The van der Waals surface area contributed by atoms with Crippen LogP contribution in [0, 0.1) is 40.4 Å². The predicted octanol–water partition coefficient (Wildman–Crippen LogP) is 4.03. The number of carbonyl (C=O) groups is 1. The van der Waals surface area contributed by atoms with E-state index in [1.54, 1.807) is 0 Å². The molecule has 4 rings (SSSR count). The van der Waals surface area contributed by atoms with Gasteiger partial charge < -0.3 is 0 Å². The minimum Gasteiger partial charge on any atom is -0.294 e. The Morgan fingerprint density at radius 3 is 2.48 bits per heavy atom. The van der Waals surface area contributed by atoms with Gasteiger partial charge in [0.15, 0.2) is 0 Å². The van der Waals surface area contributed by atoms with Crippen molar-refractivity contribution in [2.45, 2.75) is 78.1 Å². The molecule has 7 atom stereocenters. The fourth-order valence-corrected chi connectivity index (χ4v) is 7.83. The van der Waals surface area contributed by atoms with Crippen molar-refractivity contribution >= 4 is 5.91 Å². The monoisotopic (exact) mass is 318 g/mol. The van der Waals surface area contributed by atoms with Gasteiger partial charge in [0.2, 0.25) is 5.91 Å². The Balaban J connectivity index is 1.61.